The summed E-state index contributed by atoms with van der Waals surface area (Å²) in [6, 6.07) is 2.03. The van der Waals surface area contributed by atoms with Crippen molar-refractivity contribution in [1.29, 1.82) is 0 Å². The van der Waals surface area contributed by atoms with Crippen LogP contribution in [-0.4, -0.2) is 44.9 Å². The van der Waals surface area contributed by atoms with Crippen LogP contribution in [-0.2, 0) is 4.79 Å². The van der Waals surface area contributed by atoms with Crippen molar-refractivity contribution in [3.63, 3.8) is 0 Å². The molecule has 0 atom stereocenters. The van der Waals surface area contributed by atoms with E-state index in [9.17, 15) is 9.18 Å². The van der Waals surface area contributed by atoms with Crippen LogP contribution in [0.2, 0.25) is 0 Å². The van der Waals surface area contributed by atoms with Gasteiger partial charge in [-0.15, -0.1) is 5.10 Å². The number of aromatic nitrogens is 3. The van der Waals surface area contributed by atoms with Gasteiger partial charge in [-0.3, -0.25) is 9.79 Å². The Morgan fingerprint density at radius 3 is 2.85 bits per heavy atom. The Morgan fingerprint density at radius 1 is 1.33 bits per heavy atom. The highest BCUT2D eigenvalue weighted by atomic mass is 19.1. The van der Waals surface area contributed by atoms with Crippen LogP contribution in [0.5, 0.6) is 5.88 Å². The van der Waals surface area contributed by atoms with E-state index in [0.29, 0.717) is 23.1 Å². The van der Waals surface area contributed by atoms with Gasteiger partial charge in [0.15, 0.2) is 0 Å². The molecule has 33 heavy (non-hydrogen) atoms. The average Bonchev–Trinajstić information content (AvgIpc) is 3.16. The van der Waals surface area contributed by atoms with E-state index in [0.717, 1.165) is 36.8 Å². The number of amides is 1. The number of hydrogen-bond acceptors (Lipinski definition) is 6. The summed E-state index contributed by atoms with van der Waals surface area (Å²) in [7, 11) is 1.56. The molecule has 3 heterocycles. The predicted octanol–water partition coefficient (Wildman–Crippen LogP) is 4.21. The number of allylic oxidation sites excluding steroid dienone is 5. The van der Waals surface area contributed by atoms with Crippen molar-refractivity contribution >= 4 is 28.7 Å². The van der Waals surface area contributed by atoms with Gasteiger partial charge in [-0.2, -0.15) is 4.98 Å². The van der Waals surface area contributed by atoms with Gasteiger partial charge in [0.05, 0.1) is 12.8 Å². The van der Waals surface area contributed by atoms with Gasteiger partial charge >= 0.3 is 0 Å². The zero-order valence-electron chi connectivity index (χ0n) is 19.4. The zero-order chi connectivity index (χ0) is 23.6. The smallest absolute Gasteiger partial charge is 0.244 e. The lowest BCUT2D eigenvalue weighted by atomic mass is 9.74. The van der Waals surface area contributed by atoms with E-state index in [2.05, 4.69) is 25.7 Å². The highest BCUT2D eigenvalue weighted by molar-refractivity contribution is 6.00. The fourth-order valence-electron chi connectivity index (χ4n) is 4.39. The molecule has 2 N–H and O–H groups in total. The minimum atomic E-state index is -0.391. The summed E-state index contributed by atoms with van der Waals surface area (Å²) in [6.07, 6.45) is 12.0. The molecule has 0 bridgehead atoms. The third-order valence-electron chi connectivity index (χ3n) is 5.89. The molecular weight excluding hydrogens is 423 g/mol. The molecule has 1 fully saturated rings. The lowest BCUT2D eigenvalue weighted by Crippen LogP contribution is -2.59. The van der Waals surface area contributed by atoms with E-state index in [1.807, 2.05) is 31.3 Å². The normalized spacial score (nSPS) is 28.9. The molecule has 0 spiro atoms. The molecule has 0 radical (unpaired) electrons. The summed E-state index contributed by atoms with van der Waals surface area (Å²) in [5.41, 5.74) is 2.29. The van der Waals surface area contributed by atoms with Crippen LogP contribution in [0.3, 0.4) is 0 Å². The number of anilines is 1. The lowest BCUT2D eigenvalue weighted by Gasteiger charge is -2.45. The van der Waals surface area contributed by atoms with Crippen LogP contribution in [0, 0.1) is 0 Å². The van der Waals surface area contributed by atoms with Gasteiger partial charge in [-0.05, 0) is 57.2 Å². The highest BCUT2D eigenvalue weighted by Crippen LogP contribution is 2.35. The number of rotatable bonds is 5. The second-order valence-electron chi connectivity index (χ2n) is 8.79. The number of nitrogens with one attached hydrogen (secondary N) is 2. The minimum Gasteiger partial charge on any atom is -0.479 e. The number of nitrogens with zero attached hydrogens (tertiary/aromatic N) is 4. The molecule has 0 aromatic carbocycles. The Kier molecular flexibility index (Phi) is 6.31. The molecule has 2 aromatic heterocycles. The van der Waals surface area contributed by atoms with Crippen LogP contribution < -0.4 is 15.4 Å². The molecular formula is C24H29FN6O2. The van der Waals surface area contributed by atoms with Gasteiger partial charge in [-0.1, -0.05) is 12.2 Å². The van der Waals surface area contributed by atoms with Crippen molar-refractivity contribution in [1.82, 2.24) is 19.9 Å². The third-order valence-corrected chi connectivity index (χ3v) is 5.89. The molecule has 1 amide bonds. The summed E-state index contributed by atoms with van der Waals surface area (Å²) in [5.74, 6) is 0.408. The van der Waals surface area contributed by atoms with E-state index in [4.69, 9.17) is 4.74 Å². The second-order valence-corrected chi connectivity index (χ2v) is 8.79. The maximum Gasteiger partial charge on any atom is 0.244 e. The first kappa shape index (κ1) is 22.7. The first-order valence-corrected chi connectivity index (χ1v) is 11.0. The Bertz CT molecular complexity index is 1190. The molecule has 8 nitrogen and oxygen atoms in total. The van der Waals surface area contributed by atoms with Gasteiger partial charge in [0.1, 0.15) is 11.3 Å². The number of carbonyl (C=O) groups excluding carboxylic acids is 1. The van der Waals surface area contributed by atoms with Crippen molar-refractivity contribution in [2.45, 2.75) is 58.0 Å². The topological polar surface area (TPSA) is 92.9 Å². The second kappa shape index (κ2) is 9.17. The molecule has 174 valence electrons. The third kappa shape index (κ3) is 4.97. The van der Waals surface area contributed by atoms with Gasteiger partial charge < -0.3 is 15.4 Å². The molecule has 1 aliphatic heterocycles. The Labute approximate surface area is 192 Å². The molecule has 0 saturated heterocycles. The van der Waals surface area contributed by atoms with Crippen LogP contribution in [0.4, 0.5) is 10.3 Å². The Hall–Kier alpha value is -3.49. The molecule has 2 aliphatic rings. The largest absolute Gasteiger partial charge is 0.479 e. The van der Waals surface area contributed by atoms with Gasteiger partial charge in [-0.25, -0.2) is 8.91 Å². The average molecular weight is 453 g/mol. The first-order valence-electron chi connectivity index (χ1n) is 11.0. The number of carbonyl (C=O) groups is 1. The monoisotopic (exact) mass is 452 g/mol. The van der Waals surface area contributed by atoms with E-state index in [-0.39, 0.29) is 17.5 Å². The van der Waals surface area contributed by atoms with Gasteiger partial charge in [0, 0.05) is 36.5 Å². The lowest BCUT2D eigenvalue weighted by molar-refractivity contribution is -0.121. The molecule has 0 unspecified atom stereocenters. The summed E-state index contributed by atoms with van der Waals surface area (Å²) in [4.78, 5) is 20.1. The van der Waals surface area contributed by atoms with E-state index in [1.54, 1.807) is 24.7 Å². The summed E-state index contributed by atoms with van der Waals surface area (Å²) in [6.45, 7) is 5.20. The van der Waals surface area contributed by atoms with Crippen molar-refractivity contribution in [3.05, 3.63) is 48.1 Å². The zero-order valence-corrected chi connectivity index (χ0v) is 19.4. The van der Waals surface area contributed by atoms with E-state index in [1.165, 1.54) is 13.0 Å². The number of ether oxygens (including phenoxy) is 1. The maximum atomic E-state index is 14.7. The predicted molar refractivity (Wildman–Crippen MR) is 127 cm³/mol. The molecule has 1 aliphatic carbocycles. The van der Waals surface area contributed by atoms with E-state index < -0.39 is 5.83 Å². The fourth-order valence-corrected chi connectivity index (χ4v) is 4.39. The number of halogens is 1. The first-order chi connectivity index (χ1) is 15.8. The number of methoxy groups -OCH3 is 1. The quantitative estimate of drug-likeness (QED) is 0.709. The van der Waals surface area contributed by atoms with Crippen molar-refractivity contribution in [2.75, 3.05) is 12.4 Å². The summed E-state index contributed by atoms with van der Waals surface area (Å²) < 4.78 is 22.0. The van der Waals surface area contributed by atoms with Crippen LogP contribution >= 0.6 is 0 Å². The Balaban J connectivity index is 1.63. The molecule has 9 heteroatoms. The van der Waals surface area contributed by atoms with Gasteiger partial charge in [0.2, 0.25) is 17.7 Å². The fraction of sp³-hybridized carbons (Fsp3) is 0.417. The number of hydrogen-bond donors (Lipinski definition) is 2. The van der Waals surface area contributed by atoms with Crippen LogP contribution in [0.25, 0.3) is 11.1 Å². The van der Waals surface area contributed by atoms with Crippen molar-refractivity contribution in [3.8, 4) is 5.88 Å². The number of fused-ring (bicyclic) bond motifs is 1. The number of aliphatic imine (C=N–C) groups is 1. The van der Waals surface area contributed by atoms with Crippen LogP contribution in [0.1, 0.15) is 52.0 Å². The highest BCUT2D eigenvalue weighted by Gasteiger charge is 2.41. The molecule has 4 rings (SSSR count). The standard InChI is InChI=1S/C24H29FN6O2/c1-15-20(25)12-17(8-6-5-7-10-26-15)19-9-11-31-21(19)22(33-4)28-23(30-31)27-18-13-24(3,14-18)29-16(2)32/h7-12,18H,5-6,13-14H2,1-4H3,(H,27,30)(H,29,32)/b10-7-,17-8+,20-12+,26-15+. The van der Waals surface area contributed by atoms with Crippen molar-refractivity contribution in [2.24, 2.45) is 4.99 Å². The SMILES string of the molecule is COc1nc(NC2CC(C)(NC(C)=O)C2)nn2ccc(C3=C/CC\C=C/N=C(C)/C(F)=C\3)c12. The molecule has 1 saturated carbocycles. The van der Waals surface area contributed by atoms with Crippen molar-refractivity contribution < 1.29 is 13.9 Å². The summed E-state index contributed by atoms with van der Waals surface area (Å²) in [5, 5.41) is 10.9. The van der Waals surface area contributed by atoms with E-state index >= 15 is 0 Å². The molecule has 2 aromatic rings. The van der Waals surface area contributed by atoms with Crippen LogP contribution in [0.15, 0.2) is 47.5 Å². The Morgan fingerprint density at radius 2 is 2.12 bits per heavy atom. The minimum absolute atomic E-state index is 0.0343. The maximum absolute atomic E-state index is 14.7. The summed E-state index contributed by atoms with van der Waals surface area (Å²) >= 11 is 0. The van der Waals surface area contributed by atoms with Gasteiger partial charge in [0.25, 0.3) is 0 Å².